The van der Waals surface area contributed by atoms with Crippen LogP contribution in [-0.4, -0.2) is 34.7 Å². The largest absolute Gasteiger partial charge is 0.462 e. The van der Waals surface area contributed by atoms with Crippen LogP contribution in [0.15, 0.2) is 48.5 Å². The molecular formula is C25H28N2O4. The van der Waals surface area contributed by atoms with Crippen LogP contribution in [0.5, 0.6) is 0 Å². The molecule has 6 nitrogen and oxygen atoms in total. The van der Waals surface area contributed by atoms with Gasteiger partial charge in [0.2, 0.25) is 0 Å². The molecule has 0 bridgehead atoms. The van der Waals surface area contributed by atoms with E-state index in [1.165, 1.54) is 0 Å². The van der Waals surface area contributed by atoms with Gasteiger partial charge < -0.3 is 19.0 Å². The summed E-state index contributed by atoms with van der Waals surface area (Å²) in [7, 11) is 1.96. The number of carbonyl (C=O) groups is 2. The van der Waals surface area contributed by atoms with Crippen molar-refractivity contribution in [3.05, 3.63) is 71.0 Å². The maximum atomic E-state index is 11.9. The van der Waals surface area contributed by atoms with Gasteiger partial charge in [0.05, 0.1) is 24.3 Å². The Morgan fingerprint density at radius 3 is 2.03 bits per heavy atom. The number of H-pyrrole nitrogens is 1. The Balaban J connectivity index is 0.000000176. The second kappa shape index (κ2) is 9.51. The molecule has 0 spiro atoms. The van der Waals surface area contributed by atoms with Crippen LogP contribution in [0.3, 0.4) is 0 Å². The molecule has 162 valence electrons. The number of nitrogens with one attached hydrogen (secondary N) is 1. The summed E-state index contributed by atoms with van der Waals surface area (Å²) >= 11 is 0. The minimum absolute atomic E-state index is 0.239. The Hall–Kier alpha value is -3.54. The number of aryl methyl sites for hydroxylation is 2. The highest BCUT2D eigenvalue weighted by molar-refractivity contribution is 6.06. The minimum atomic E-state index is -0.257. The van der Waals surface area contributed by atoms with Gasteiger partial charge in [0.25, 0.3) is 0 Å². The Kier molecular flexibility index (Phi) is 6.80. The van der Waals surface area contributed by atoms with Gasteiger partial charge >= 0.3 is 11.9 Å². The number of rotatable bonds is 4. The molecule has 0 aliphatic rings. The first-order valence-corrected chi connectivity index (χ1v) is 10.4. The summed E-state index contributed by atoms with van der Waals surface area (Å²) < 4.78 is 12.1. The first-order valence-electron chi connectivity index (χ1n) is 10.4. The first kappa shape index (κ1) is 22.2. The smallest absolute Gasteiger partial charge is 0.340 e. The van der Waals surface area contributed by atoms with Crippen LogP contribution in [0.4, 0.5) is 0 Å². The molecule has 0 aliphatic heterocycles. The third kappa shape index (κ3) is 4.33. The van der Waals surface area contributed by atoms with E-state index in [9.17, 15) is 9.59 Å². The van der Waals surface area contributed by atoms with Gasteiger partial charge in [0, 0.05) is 40.2 Å². The zero-order valence-electron chi connectivity index (χ0n) is 18.6. The molecule has 6 heteroatoms. The van der Waals surface area contributed by atoms with Crippen molar-refractivity contribution in [2.24, 2.45) is 7.05 Å². The van der Waals surface area contributed by atoms with Crippen molar-refractivity contribution in [3.8, 4) is 0 Å². The van der Waals surface area contributed by atoms with E-state index in [-0.39, 0.29) is 11.9 Å². The molecule has 2 heterocycles. The second-order valence-electron chi connectivity index (χ2n) is 7.15. The molecule has 0 fully saturated rings. The summed E-state index contributed by atoms with van der Waals surface area (Å²) in [5.41, 5.74) is 5.16. The number of benzene rings is 2. The molecule has 31 heavy (non-hydrogen) atoms. The number of hydrogen-bond donors (Lipinski definition) is 1. The second-order valence-corrected chi connectivity index (χ2v) is 7.15. The van der Waals surface area contributed by atoms with Crippen LogP contribution >= 0.6 is 0 Å². The van der Waals surface area contributed by atoms with Gasteiger partial charge in [-0.3, -0.25) is 0 Å². The lowest BCUT2D eigenvalue weighted by Crippen LogP contribution is -2.06. The molecular weight excluding hydrogens is 392 g/mol. The molecule has 0 amide bonds. The third-order valence-electron chi connectivity index (χ3n) is 5.25. The Bertz CT molecular complexity index is 1230. The Morgan fingerprint density at radius 2 is 1.39 bits per heavy atom. The molecule has 0 atom stereocenters. The van der Waals surface area contributed by atoms with Crippen LogP contribution < -0.4 is 0 Å². The zero-order chi connectivity index (χ0) is 22.5. The van der Waals surface area contributed by atoms with Crippen LogP contribution in [0.25, 0.3) is 21.8 Å². The number of carbonyl (C=O) groups excluding carboxylic acids is 2. The predicted molar refractivity (Wildman–Crippen MR) is 123 cm³/mol. The Labute approximate surface area is 181 Å². The molecule has 1 N–H and O–H groups in total. The fraction of sp³-hybridized carbons (Fsp3) is 0.280. The normalized spacial score (nSPS) is 10.6. The summed E-state index contributed by atoms with van der Waals surface area (Å²) in [5, 5.41) is 1.88. The average Bonchev–Trinajstić information content (AvgIpc) is 3.22. The average molecular weight is 421 g/mol. The quantitative estimate of drug-likeness (QED) is 0.454. The van der Waals surface area contributed by atoms with Crippen molar-refractivity contribution in [1.29, 1.82) is 0 Å². The van der Waals surface area contributed by atoms with Crippen molar-refractivity contribution in [2.45, 2.75) is 27.7 Å². The number of nitrogens with zero attached hydrogens (tertiary/aromatic N) is 1. The lowest BCUT2D eigenvalue weighted by Gasteiger charge is -2.02. The van der Waals surface area contributed by atoms with Crippen LogP contribution in [-0.2, 0) is 16.5 Å². The van der Waals surface area contributed by atoms with Crippen LogP contribution in [0.1, 0.15) is 46.0 Å². The number of fused-ring (bicyclic) bond motifs is 2. The SMILES string of the molecule is CCOC(=O)c1c(C)[nH]c2ccccc12.CCOC(=O)c1c(C)n(C)c2ccccc12. The highest BCUT2D eigenvalue weighted by atomic mass is 16.5. The molecule has 0 aliphatic carbocycles. The summed E-state index contributed by atoms with van der Waals surface area (Å²) in [6.45, 7) is 8.25. The van der Waals surface area contributed by atoms with E-state index in [0.717, 1.165) is 33.2 Å². The number of aromatic nitrogens is 2. The van der Waals surface area contributed by atoms with Crippen molar-refractivity contribution in [1.82, 2.24) is 9.55 Å². The summed E-state index contributed by atoms with van der Waals surface area (Å²) in [4.78, 5) is 26.7. The third-order valence-corrected chi connectivity index (χ3v) is 5.25. The van der Waals surface area contributed by atoms with E-state index in [1.54, 1.807) is 0 Å². The van der Waals surface area contributed by atoms with Gasteiger partial charge in [-0.15, -0.1) is 0 Å². The summed E-state index contributed by atoms with van der Waals surface area (Å²) in [5.74, 6) is -0.496. The number of esters is 2. The number of ether oxygens (including phenoxy) is 2. The van der Waals surface area contributed by atoms with Crippen LogP contribution in [0.2, 0.25) is 0 Å². The standard InChI is InChI=1S/C13H15NO2.C12H13NO2/c1-4-16-13(15)12-9(2)14(3)11-8-6-5-7-10(11)12;1-3-15-12(14)11-8(2)13-10-7-5-4-6-9(10)11/h5-8H,4H2,1-3H3;4-7,13H,3H2,1-2H3. The molecule has 4 aromatic rings. The maximum absolute atomic E-state index is 11.9. The van der Waals surface area contributed by atoms with E-state index in [1.807, 2.05) is 87.8 Å². The molecule has 2 aromatic carbocycles. The van der Waals surface area contributed by atoms with E-state index in [0.29, 0.717) is 24.3 Å². The molecule has 4 rings (SSSR count). The van der Waals surface area contributed by atoms with Crippen molar-refractivity contribution >= 4 is 33.7 Å². The summed E-state index contributed by atoms with van der Waals surface area (Å²) in [6.07, 6.45) is 0. The fourth-order valence-electron chi connectivity index (χ4n) is 3.72. The molecule has 0 saturated carbocycles. The molecule has 2 aromatic heterocycles. The number of aromatic amines is 1. The monoisotopic (exact) mass is 420 g/mol. The topological polar surface area (TPSA) is 73.3 Å². The van der Waals surface area contributed by atoms with Crippen LogP contribution in [0, 0.1) is 13.8 Å². The molecule has 0 unspecified atom stereocenters. The fourth-order valence-corrected chi connectivity index (χ4v) is 3.72. The molecule has 0 radical (unpaired) electrons. The van der Waals surface area contributed by atoms with Crippen molar-refractivity contribution < 1.29 is 19.1 Å². The van der Waals surface area contributed by atoms with Crippen molar-refractivity contribution in [3.63, 3.8) is 0 Å². The Morgan fingerprint density at radius 1 is 0.839 bits per heavy atom. The molecule has 0 saturated heterocycles. The lowest BCUT2D eigenvalue weighted by atomic mass is 10.1. The maximum Gasteiger partial charge on any atom is 0.340 e. The number of hydrogen-bond acceptors (Lipinski definition) is 4. The van der Waals surface area contributed by atoms with Crippen molar-refractivity contribution in [2.75, 3.05) is 13.2 Å². The van der Waals surface area contributed by atoms with E-state index >= 15 is 0 Å². The van der Waals surface area contributed by atoms with Gasteiger partial charge in [0.15, 0.2) is 0 Å². The highest BCUT2D eigenvalue weighted by Gasteiger charge is 2.19. The van der Waals surface area contributed by atoms with Gasteiger partial charge in [-0.25, -0.2) is 9.59 Å². The zero-order valence-corrected chi connectivity index (χ0v) is 18.6. The number of para-hydroxylation sites is 2. The van der Waals surface area contributed by atoms with E-state index < -0.39 is 0 Å². The van der Waals surface area contributed by atoms with E-state index in [2.05, 4.69) is 4.98 Å². The lowest BCUT2D eigenvalue weighted by molar-refractivity contribution is 0.0518. The van der Waals surface area contributed by atoms with E-state index in [4.69, 9.17) is 9.47 Å². The minimum Gasteiger partial charge on any atom is -0.462 e. The van der Waals surface area contributed by atoms with Gasteiger partial charge in [-0.1, -0.05) is 36.4 Å². The summed E-state index contributed by atoms with van der Waals surface area (Å²) in [6, 6.07) is 15.6. The van der Waals surface area contributed by atoms with Gasteiger partial charge in [0.1, 0.15) is 0 Å². The highest BCUT2D eigenvalue weighted by Crippen LogP contribution is 2.25. The predicted octanol–water partition coefficient (Wildman–Crippen LogP) is 5.32. The van der Waals surface area contributed by atoms with Gasteiger partial charge in [-0.2, -0.15) is 0 Å². The first-order chi connectivity index (χ1) is 14.9. The van der Waals surface area contributed by atoms with Gasteiger partial charge in [-0.05, 0) is 39.8 Å².